The number of carboxylic acids is 1. The fourth-order valence-corrected chi connectivity index (χ4v) is 3.17. The van der Waals surface area contributed by atoms with Gasteiger partial charge in [0, 0.05) is 0 Å². The van der Waals surface area contributed by atoms with Crippen LogP contribution in [0.25, 0.3) is 0 Å². The molecule has 2 N–H and O–H groups in total. The molecule has 0 bridgehead atoms. The number of aryl methyl sites for hydroxylation is 1. The minimum Gasteiger partial charge on any atom is -0.480 e. The third-order valence-corrected chi connectivity index (χ3v) is 4.73. The van der Waals surface area contributed by atoms with Gasteiger partial charge in [-0.05, 0) is 36.5 Å². The van der Waals surface area contributed by atoms with Gasteiger partial charge in [-0.1, -0.05) is 32.9 Å². The highest BCUT2D eigenvalue weighted by Crippen LogP contribution is 2.26. The van der Waals surface area contributed by atoms with Gasteiger partial charge in [-0.15, -0.1) is 0 Å². The number of hydrogen-bond donors (Lipinski definition) is 2. The summed E-state index contributed by atoms with van der Waals surface area (Å²) in [7, 11) is -3.85. The molecule has 0 aliphatic heterocycles. The zero-order valence-electron chi connectivity index (χ0n) is 12.4. The monoisotopic (exact) mass is 299 g/mol. The van der Waals surface area contributed by atoms with Gasteiger partial charge in [-0.25, -0.2) is 8.42 Å². The molecule has 1 aromatic rings. The second-order valence-corrected chi connectivity index (χ2v) is 7.59. The largest absolute Gasteiger partial charge is 0.480 e. The summed E-state index contributed by atoms with van der Waals surface area (Å²) in [5.74, 6) is -1.21. The van der Waals surface area contributed by atoms with Gasteiger partial charge in [0.15, 0.2) is 0 Å². The van der Waals surface area contributed by atoms with Crippen molar-refractivity contribution in [2.45, 2.75) is 51.0 Å². The van der Waals surface area contributed by atoms with Gasteiger partial charge in [0.05, 0.1) is 4.90 Å². The number of benzene rings is 1. The Hall–Kier alpha value is -1.40. The van der Waals surface area contributed by atoms with Crippen LogP contribution in [0.2, 0.25) is 0 Å². The van der Waals surface area contributed by atoms with E-state index in [1.807, 2.05) is 26.8 Å². The quantitative estimate of drug-likeness (QED) is 0.891. The standard InChI is InChI=1S/C14H21NO4S/c1-9-6-7-11(14(3,4)5)8-12(9)20(18,19)15-10(2)13(16)17/h6-8,10,15H,1-5H3,(H,16,17)/t10-/m0/s1. The Morgan fingerprint density at radius 2 is 1.85 bits per heavy atom. The van der Waals surface area contributed by atoms with Crippen LogP contribution in [0, 0.1) is 6.92 Å². The molecule has 0 aromatic heterocycles. The second kappa shape index (κ2) is 5.54. The van der Waals surface area contributed by atoms with Crippen molar-refractivity contribution in [1.82, 2.24) is 4.72 Å². The minimum absolute atomic E-state index is 0.123. The van der Waals surface area contributed by atoms with Gasteiger partial charge in [0.2, 0.25) is 10.0 Å². The van der Waals surface area contributed by atoms with Gasteiger partial charge in [0.1, 0.15) is 6.04 Å². The van der Waals surface area contributed by atoms with E-state index in [1.165, 1.54) is 6.92 Å². The smallest absolute Gasteiger partial charge is 0.321 e. The highest BCUT2D eigenvalue weighted by molar-refractivity contribution is 7.89. The number of hydrogen-bond acceptors (Lipinski definition) is 3. The maximum Gasteiger partial charge on any atom is 0.321 e. The van der Waals surface area contributed by atoms with Gasteiger partial charge in [0.25, 0.3) is 0 Å². The topological polar surface area (TPSA) is 83.5 Å². The predicted octanol–water partition coefficient (Wildman–Crippen LogP) is 2.04. The van der Waals surface area contributed by atoms with Crippen LogP contribution in [0.3, 0.4) is 0 Å². The normalized spacial score (nSPS) is 14.1. The molecule has 20 heavy (non-hydrogen) atoms. The van der Waals surface area contributed by atoms with Crippen LogP contribution in [-0.4, -0.2) is 25.5 Å². The summed E-state index contributed by atoms with van der Waals surface area (Å²) >= 11 is 0. The van der Waals surface area contributed by atoms with Crippen molar-refractivity contribution >= 4 is 16.0 Å². The van der Waals surface area contributed by atoms with Crippen molar-refractivity contribution in [1.29, 1.82) is 0 Å². The van der Waals surface area contributed by atoms with Crippen LogP contribution in [0.5, 0.6) is 0 Å². The van der Waals surface area contributed by atoms with E-state index in [-0.39, 0.29) is 10.3 Å². The molecule has 0 amide bonds. The highest BCUT2D eigenvalue weighted by Gasteiger charge is 2.25. The summed E-state index contributed by atoms with van der Waals surface area (Å²) in [5.41, 5.74) is 1.28. The van der Waals surface area contributed by atoms with Crippen LogP contribution in [0.15, 0.2) is 23.1 Å². The maximum absolute atomic E-state index is 12.3. The first-order valence-corrected chi connectivity index (χ1v) is 7.80. The van der Waals surface area contributed by atoms with Crippen molar-refractivity contribution in [3.05, 3.63) is 29.3 Å². The third kappa shape index (κ3) is 3.80. The minimum atomic E-state index is -3.85. The summed E-state index contributed by atoms with van der Waals surface area (Å²) in [6.45, 7) is 8.94. The fourth-order valence-electron chi connectivity index (χ4n) is 1.70. The molecule has 112 valence electrons. The molecule has 1 rings (SSSR count). The summed E-state index contributed by atoms with van der Waals surface area (Å²) in [4.78, 5) is 10.9. The molecule has 0 aliphatic rings. The Balaban J connectivity index is 3.28. The van der Waals surface area contributed by atoms with Gasteiger partial charge >= 0.3 is 5.97 Å². The molecule has 0 fully saturated rings. The van der Waals surface area contributed by atoms with Crippen molar-refractivity contribution in [3.63, 3.8) is 0 Å². The van der Waals surface area contributed by atoms with E-state index in [0.29, 0.717) is 5.56 Å². The molecule has 0 heterocycles. The van der Waals surface area contributed by atoms with Crippen molar-refractivity contribution in [3.8, 4) is 0 Å². The first-order chi connectivity index (χ1) is 8.95. The molecule has 0 spiro atoms. The fraction of sp³-hybridized carbons (Fsp3) is 0.500. The number of aliphatic carboxylic acids is 1. The second-order valence-electron chi connectivity index (χ2n) is 5.91. The van der Waals surface area contributed by atoms with Crippen molar-refractivity contribution in [2.75, 3.05) is 0 Å². The molecule has 1 atom stereocenters. The van der Waals surface area contributed by atoms with Crippen molar-refractivity contribution < 1.29 is 18.3 Å². The zero-order chi connectivity index (χ0) is 15.7. The number of nitrogens with one attached hydrogen (secondary N) is 1. The Morgan fingerprint density at radius 3 is 2.30 bits per heavy atom. The zero-order valence-corrected chi connectivity index (χ0v) is 13.2. The van der Waals surface area contributed by atoms with Crippen LogP contribution >= 0.6 is 0 Å². The summed E-state index contributed by atoms with van der Waals surface area (Å²) in [6.07, 6.45) is 0. The van der Waals surface area contributed by atoms with Crippen LogP contribution in [0.4, 0.5) is 0 Å². The van der Waals surface area contributed by atoms with Crippen LogP contribution in [0.1, 0.15) is 38.8 Å². The van der Waals surface area contributed by atoms with Crippen LogP contribution < -0.4 is 4.72 Å². The summed E-state index contributed by atoms with van der Waals surface area (Å²) in [5, 5.41) is 8.82. The lowest BCUT2D eigenvalue weighted by atomic mass is 9.87. The SMILES string of the molecule is Cc1ccc(C(C)(C)C)cc1S(=O)(=O)N[C@@H](C)C(=O)O. The van der Waals surface area contributed by atoms with E-state index >= 15 is 0 Å². The Kier molecular flexibility index (Phi) is 4.61. The molecule has 6 heteroatoms. The van der Waals surface area contributed by atoms with E-state index in [2.05, 4.69) is 4.72 Å². The molecule has 0 aliphatic carbocycles. The van der Waals surface area contributed by atoms with Crippen molar-refractivity contribution in [2.24, 2.45) is 0 Å². The maximum atomic E-state index is 12.3. The number of carbonyl (C=O) groups is 1. The van der Waals surface area contributed by atoms with E-state index in [0.717, 1.165) is 5.56 Å². The molecule has 0 radical (unpaired) electrons. The first-order valence-electron chi connectivity index (χ1n) is 6.31. The van der Waals surface area contributed by atoms with Crippen LogP contribution in [-0.2, 0) is 20.2 Å². The number of carboxylic acid groups (broad SMARTS) is 1. The molecule has 5 nitrogen and oxygen atoms in total. The summed E-state index contributed by atoms with van der Waals surface area (Å²) in [6, 6.07) is 4.06. The number of rotatable bonds is 4. The molecule has 0 saturated heterocycles. The molecular weight excluding hydrogens is 278 g/mol. The van der Waals surface area contributed by atoms with Gasteiger partial charge in [-0.3, -0.25) is 4.79 Å². The Bertz CT molecular complexity index is 615. The molecule has 1 aromatic carbocycles. The van der Waals surface area contributed by atoms with Gasteiger partial charge < -0.3 is 5.11 Å². The highest BCUT2D eigenvalue weighted by atomic mass is 32.2. The van der Waals surface area contributed by atoms with E-state index in [1.54, 1.807) is 19.1 Å². The van der Waals surface area contributed by atoms with E-state index in [4.69, 9.17) is 5.11 Å². The molecular formula is C14H21NO4S. The van der Waals surface area contributed by atoms with E-state index < -0.39 is 22.0 Å². The lowest BCUT2D eigenvalue weighted by Gasteiger charge is -2.21. The Morgan fingerprint density at radius 1 is 1.30 bits per heavy atom. The predicted molar refractivity (Wildman–Crippen MR) is 77.3 cm³/mol. The van der Waals surface area contributed by atoms with E-state index in [9.17, 15) is 13.2 Å². The average Bonchev–Trinajstić information content (AvgIpc) is 2.26. The third-order valence-electron chi connectivity index (χ3n) is 3.05. The average molecular weight is 299 g/mol. The first kappa shape index (κ1) is 16.7. The summed E-state index contributed by atoms with van der Waals surface area (Å²) < 4.78 is 26.7. The number of sulfonamides is 1. The molecule has 0 unspecified atom stereocenters. The lowest BCUT2D eigenvalue weighted by Crippen LogP contribution is -2.38. The lowest BCUT2D eigenvalue weighted by molar-refractivity contribution is -0.138. The Labute approximate surface area is 120 Å². The van der Waals surface area contributed by atoms with Gasteiger partial charge in [-0.2, -0.15) is 4.72 Å². The molecule has 0 saturated carbocycles.